The molecule has 2 heterocycles. The lowest BCUT2D eigenvalue weighted by Gasteiger charge is -2.23. The lowest BCUT2D eigenvalue weighted by molar-refractivity contribution is 0.354. The highest BCUT2D eigenvalue weighted by molar-refractivity contribution is 7.91. The minimum absolute atomic E-state index is 0.0537. The number of hydrogen-bond donors (Lipinski definition) is 0. The molecule has 4 aromatic rings. The van der Waals surface area contributed by atoms with Gasteiger partial charge in [-0.25, -0.2) is 13.4 Å². The fourth-order valence-electron chi connectivity index (χ4n) is 4.20. The second-order valence-corrected chi connectivity index (χ2v) is 9.38. The van der Waals surface area contributed by atoms with Crippen LogP contribution in [0.1, 0.15) is 19.4 Å². The number of ether oxygens (including phenoxy) is 2. The van der Waals surface area contributed by atoms with Gasteiger partial charge in [0.15, 0.2) is 11.5 Å². The summed E-state index contributed by atoms with van der Waals surface area (Å²) in [6.07, 6.45) is 0.657. The van der Waals surface area contributed by atoms with E-state index in [1.165, 1.54) is 0 Å². The maximum absolute atomic E-state index is 13.6. The van der Waals surface area contributed by atoms with Gasteiger partial charge in [0.1, 0.15) is 0 Å². The molecule has 7 heteroatoms. The van der Waals surface area contributed by atoms with E-state index >= 15 is 0 Å². The number of benzene rings is 3. The number of nitrogens with zero attached hydrogens (tertiary/aromatic N) is 2. The van der Waals surface area contributed by atoms with Gasteiger partial charge in [-0.15, -0.1) is 0 Å². The summed E-state index contributed by atoms with van der Waals surface area (Å²) in [5.41, 5.74) is 4.22. The van der Waals surface area contributed by atoms with Crippen LogP contribution in [-0.2, 0) is 22.8 Å². The second-order valence-electron chi connectivity index (χ2n) is 7.54. The van der Waals surface area contributed by atoms with Crippen LogP contribution in [0.15, 0.2) is 82.8 Å². The van der Waals surface area contributed by atoms with Crippen LogP contribution >= 0.6 is 0 Å². The van der Waals surface area contributed by atoms with Gasteiger partial charge < -0.3 is 14.0 Å². The Morgan fingerprint density at radius 2 is 1.44 bits per heavy atom. The molecule has 0 saturated heterocycles. The van der Waals surface area contributed by atoms with E-state index in [1.54, 1.807) is 44.6 Å². The summed E-state index contributed by atoms with van der Waals surface area (Å²) in [6.45, 7) is 4.50. The van der Waals surface area contributed by atoms with Gasteiger partial charge >= 0.3 is 0 Å². The van der Waals surface area contributed by atoms with Crippen LogP contribution in [0.5, 0.6) is 11.5 Å². The van der Waals surface area contributed by atoms with Gasteiger partial charge in [0.2, 0.25) is 15.0 Å². The summed E-state index contributed by atoms with van der Waals surface area (Å²) in [7, 11) is -0.603. The van der Waals surface area contributed by atoms with Gasteiger partial charge in [0.25, 0.3) is 0 Å². The van der Waals surface area contributed by atoms with Gasteiger partial charge in [0.05, 0.1) is 30.5 Å². The summed E-state index contributed by atoms with van der Waals surface area (Å²) >= 11 is 0. The normalized spacial score (nSPS) is 12.1. The molecule has 6 nitrogen and oxygen atoms in total. The number of imidazole rings is 1. The third-order valence-electron chi connectivity index (χ3n) is 5.74. The molecule has 0 aliphatic carbocycles. The maximum atomic E-state index is 13.6. The molecule has 0 amide bonds. The van der Waals surface area contributed by atoms with E-state index in [4.69, 9.17) is 14.5 Å². The standard InChI is InChI=1S/C25H22N2O4S.C2H6/c1-30-21-15-18-13-14-27-24(20(18)16-22(21)31-2)23(17-9-5-3-6-10-17)26-25(27)32(28,29)19-11-7-4-8-12-19;1-2/h3-12,15-16H,13-14H2,1-2H3;1-2H3. The van der Waals surface area contributed by atoms with Crippen molar-refractivity contribution in [2.45, 2.75) is 36.9 Å². The van der Waals surface area contributed by atoms with Crippen molar-refractivity contribution in [3.05, 3.63) is 78.4 Å². The first-order valence-electron chi connectivity index (χ1n) is 11.3. The lowest BCUT2D eigenvalue weighted by atomic mass is 9.94. The minimum Gasteiger partial charge on any atom is -0.493 e. The number of fused-ring (bicyclic) bond motifs is 3. The van der Waals surface area contributed by atoms with Crippen LogP contribution in [0.3, 0.4) is 0 Å². The van der Waals surface area contributed by atoms with Crippen molar-refractivity contribution >= 4 is 9.84 Å². The third-order valence-corrected chi connectivity index (χ3v) is 7.43. The zero-order chi connectivity index (χ0) is 24.3. The van der Waals surface area contributed by atoms with Gasteiger partial charge in [-0.3, -0.25) is 0 Å². The Morgan fingerprint density at radius 3 is 2.06 bits per heavy atom. The molecule has 0 unspecified atom stereocenters. The van der Waals surface area contributed by atoms with Crippen molar-refractivity contribution in [3.63, 3.8) is 0 Å². The molecule has 1 aliphatic rings. The van der Waals surface area contributed by atoms with Crippen LogP contribution in [0.25, 0.3) is 22.5 Å². The molecular weight excluding hydrogens is 448 g/mol. The molecule has 3 aromatic carbocycles. The Bertz CT molecular complexity index is 1400. The number of hydrogen-bond acceptors (Lipinski definition) is 5. The van der Waals surface area contributed by atoms with Crippen LogP contribution in [-0.4, -0.2) is 32.2 Å². The number of methoxy groups -OCH3 is 2. The SMILES string of the molecule is CC.COc1cc2c(cc1OC)-c1c(-c3ccccc3)nc(S(=O)(=O)c3ccccc3)n1CC2. The predicted octanol–water partition coefficient (Wildman–Crippen LogP) is 5.65. The Balaban J connectivity index is 0.00000133. The van der Waals surface area contributed by atoms with Gasteiger partial charge in [0, 0.05) is 17.7 Å². The molecule has 176 valence electrons. The van der Waals surface area contributed by atoms with Crippen molar-refractivity contribution in [3.8, 4) is 34.0 Å². The van der Waals surface area contributed by atoms with E-state index in [0.717, 1.165) is 22.4 Å². The van der Waals surface area contributed by atoms with Crippen molar-refractivity contribution < 1.29 is 17.9 Å². The molecule has 0 atom stereocenters. The summed E-state index contributed by atoms with van der Waals surface area (Å²) in [4.78, 5) is 4.94. The third kappa shape index (κ3) is 3.96. The Labute approximate surface area is 200 Å². The Kier molecular flexibility index (Phi) is 6.75. The topological polar surface area (TPSA) is 70.4 Å². The molecule has 1 aliphatic heterocycles. The monoisotopic (exact) mass is 476 g/mol. The highest BCUT2D eigenvalue weighted by atomic mass is 32.2. The van der Waals surface area contributed by atoms with Crippen LogP contribution in [0.2, 0.25) is 0 Å². The first kappa shape index (κ1) is 23.6. The average molecular weight is 477 g/mol. The lowest BCUT2D eigenvalue weighted by Crippen LogP contribution is -2.17. The fraction of sp³-hybridized carbons (Fsp3) is 0.222. The largest absolute Gasteiger partial charge is 0.493 e. The van der Waals surface area contributed by atoms with Gasteiger partial charge in [-0.1, -0.05) is 62.4 Å². The van der Waals surface area contributed by atoms with Gasteiger partial charge in [-0.2, -0.15) is 0 Å². The highest BCUT2D eigenvalue weighted by Gasteiger charge is 2.33. The van der Waals surface area contributed by atoms with Crippen molar-refractivity contribution in [1.29, 1.82) is 0 Å². The van der Waals surface area contributed by atoms with E-state index in [1.807, 2.05) is 60.9 Å². The number of aryl methyl sites for hydroxylation is 1. The van der Waals surface area contributed by atoms with Crippen LogP contribution in [0, 0.1) is 0 Å². The van der Waals surface area contributed by atoms with E-state index in [-0.39, 0.29) is 10.1 Å². The zero-order valence-corrected chi connectivity index (χ0v) is 20.6. The molecular formula is C27H28N2O4S. The molecule has 0 N–H and O–H groups in total. The summed E-state index contributed by atoms with van der Waals surface area (Å²) < 4.78 is 39.9. The maximum Gasteiger partial charge on any atom is 0.240 e. The Hall–Kier alpha value is -3.58. The first-order chi connectivity index (χ1) is 16.5. The molecule has 0 fully saturated rings. The zero-order valence-electron chi connectivity index (χ0n) is 19.8. The summed E-state index contributed by atoms with van der Waals surface area (Å²) in [5.74, 6) is 1.24. The highest BCUT2D eigenvalue weighted by Crippen LogP contribution is 2.44. The van der Waals surface area contributed by atoms with E-state index in [0.29, 0.717) is 30.2 Å². The molecule has 0 radical (unpaired) electrons. The number of sulfone groups is 1. The van der Waals surface area contributed by atoms with E-state index in [2.05, 4.69) is 0 Å². The molecule has 0 saturated carbocycles. The summed E-state index contributed by atoms with van der Waals surface area (Å²) in [6, 6.07) is 22.0. The molecule has 5 rings (SSSR count). The second kappa shape index (κ2) is 9.73. The van der Waals surface area contributed by atoms with Crippen LogP contribution in [0.4, 0.5) is 0 Å². The van der Waals surface area contributed by atoms with Crippen LogP contribution < -0.4 is 9.47 Å². The first-order valence-corrected chi connectivity index (χ1v) is 12.7. The Morgan fingerprint density at radius 1 is 0.853 bits per heavy atom. The molecule has 34 heavy (non-hydrogen) atoms. The summed E-state index contributed by atoms with van der Waals surface area (Å²) in [5, 5.41) is 0.0537. The molecule has 0 bridgehead atoms. The average Bonchev–Trinajstić information content (AvgIpc) is 3.31. The predicted molar refractivity (Wildman–Crippen MR) is 133 cm³/mol. The van der Waals surface area contributed by atoms with E-state index in [9.17, 15) is 8.42 Å². The van der Waals surface area contributed by atoms with Crippen molar-refractivity contribution in [2.24, 2.45) is 0 Å². The number of rotatable bonds is 5. The molecule has 1 aromatic heterocycles. The smallest absolute Gasteiger partial charge is 0.240 e. The van der Waals surface area contributed by atoms with E-state index < -0.39 is 9.84 Å². The molecule has 0 spiro atoms. The van der Waals surface area contributed by atoms with Crippen molar-refractivity contribution in [2.75, 3.05) is 14.2 Å². The fourth-order valence-corrected chi connectivity index (χ4v) is 5.61. The quantitative estimate of drug-likeness (QED) is 0.372. The van der Waals surface area contributed by atoms with Gasteiger partial charge in [-0.05, 0) is 36.2 Å². The minimum atomic E-state index is -3.80. The van der Waals surface area contributed by atoms with Crippen molar-refractivity contribution in [1.82, 2.24) is 9.55 Å². The number of aromatic nitrogens is 2.